The van der Waals surface area contributed by atoms with Gasteiger partial charge in [-0.25, -0.2) is 0 Å². The van der Waals surface area contributed by atoms with Crippen molar-refractivity contribution in [2.24, 2.45) is 0 Å². The quantitative estimate of drug-likeness (QED) is 0.914. The Morgan fingerprint density at radius 3 is 2.40 bits per heavy atom. The summed E-state index contributed by atoms with van der Waals surface area (Å²) in [6, 6.07) is 8.57. The largest absolute Gasteiger partial charge is 0.418 e. The smallest absolute Gasteiger partial charge is 0.354 e. The highest BCUT2D eigenvalue weighted by Gasteiger charge is 2.33. The van der Waals surface area contributed by atoms with Crippen LogP contribution in [0.15, 0.2) is 48.8 Å². The van der Waals surface area contributed by atoms with Crippen molar-refractivity contribution in [2.45, 2.75) is 19.1 Å². The third kappa shape index (κ3) is 3.63. The summed E-state index contributed by atoms with van der Waals surface area (Å²) in [5, 5.41) is 2.31. The number of hydrogen-bond donors (Lipinski definition) is 1. The lowest BCUT2D eigenvalue weighted by atomic mass is 10.1. The zero-order valence-electron chi connectivity index (χ0n) is 10.5. The number of nitrogens with zero attached hydrogens (tertiary/aromatic N) is 1. The van der Waals surface area contributed by atoms with E-state index in [1.54, 1.807) is 17.0 Å². The summed E-state index contributed by atoms with van der Waals surface area (Å²) in [4.78, 5) is 11.7. The van der Waals surface area contributed by atoms with Gasteiger partial charge in [-0.1, -0.05) is 12.1 Å². The fourth-order valence-corrected chi connectivity index (χ4v) is 1.80. The second-order valence-corrected chi connectivity index (χ2v) is 4.26. The van der Waals surface area contributed by atoms with Gasteiger partial charge in [0, 0.05) is 25.4 Å². The molecule has 1 amide bonds. The lowest BCUT2D eigenvalue weighted by Gasteiger charge is -2.13. The highest BCUT2D eigenvalue weighted by atomic mass is 19.4. The minimum Gasteiger partial charge on any atom is -0.354 e. The number of anilines is 1. The van der Waals surface area contributed by atoms with Crippen LogP contribution in [-0.2, 0) is 17.5 Å². The van der Waals surface area contributed by atoms with Gasteiger partial charge in [0.1, 0.15) is 0 Å². The van der Waals surface area contributed by atoms with Gasteiger partial charge in [0.25, 0.3) is 0 Å². The molecule has 1 heterocycles. The van der Waals surface area contributed by atoms with Crippen LogP contribution < -0.4 is 5.32 Å². The fourth-order valence-electron chi connectivity index (χ4n) is 1.80. The van der Waals surface area contributed by atoms with Crippen LogP contribution in [0.4, 0.5) is 18.9 Å². The lowest BCUT2D eigenvalue weighted by Crippen LogP contribution is -2.17. The van der Waals surface area contributed by atoms with Gasteiger partial charge in [0.15, 0.2) is 0 Å². The number of benzene rings is 1. The van der Waals surface area contributed by atoms with Crippen molar-refractivity contribution in [1.82, 2.24) is 4.57 Å². The molecule has 6 heteroatoms. The molecule has 0 bridgehead atoms. The molecule has 0 fully saturated rings. The van der Waals surface area contributed by atoms with E-state index in [0.29, 0.717) is 6.54 Å². The van der Waals surface area contributed by atoms with E-state index >= 15 is 0 Å². The van der Waals surface area contributed by atoms with Crippen molar-refractivity contribution < 1.29 is 18.0 Å². The van der Waals surface area contributed by atoms with Crippen molar-refractivity contribution in [1.29, 1.82) is 0 Å². The molecule has 0 aliphatic rings. The van der Waals surface area contributed by atoms with Gasteiger partial charge in [0.2, 0.25) is 5.91 Å². The van der Waals surface area contributed by atoms with Crippen LogP contribution in [0.25, 0.3) is 0 Å². The first kappa shape index (κ1) is 14.2. The molecule has 2 rings (SSSR count). The Labute approximate surface area is 114 Å². The average Bonchev–Trinajstić information content (AvgIpc) is 2.89. The Balaban J connectivity index is 2.01. The molecule has 3 nitrogen and oxygen atoms in total. The monoisotopic (exact) mass is 282 g/mol. The van der Waals surface area contributed by atoms with Crippen LogP contribution in [0.3, 0.4) is 0 Å². The Morgan fingerprint density at radius 2 is 1.75 bits per heavy atom. The Morgan fingerprint density at radius 1 is 1.10 bits per heavy atom. The predicted molar refractivity (Wildman–Crippen MR) is 69.1 cm³/mol. The molecule has 106 valence electrons. The molecule has 1 N–H and O–H groups in total. The van der Waals surface area contributed by atoms with Crippen molar-refractivity contribution in [3.05, 3.63) is 54.4 Å². The van der Waals surface area contributed by atoms with Gasteiger partial charge >= 0.3 is 6.18 Å². The van der Waals surface area contributed by atoms with Crippen LogP contribution >= 0.6 is 0 Å². The minimum atomic E-state index is -4.48. The van der Waals surface area contributed by atoms with Crippen molar-refractivity contribution in [3.63, 3.8) is 0 Å². The summed E-state index contributed by atoms with van der Waals surface area (Å²) in [7, 11) is 0. The third-order valence-electron chi connectivity index (χ3n) is 2.77. The maximum absolute atomic E-state index is 12.8. The molecule has 2 aromatic rings. The maximum atomic E-state index is 12.8. The molecule has 1 aromatic carbocycles. The molecule has 0 aliphatic carbocycles. The lowest BCUT2D eigenvalue weighted by molar-refractivity contribution is -0.137. The van der Waals surface area contributed by atoms with Gasteiger partial charge in [-0.2, -0.15) is 13.2 Å². The second-order valence-electron chi connectivity index (χ2n) is 4.26. The van der Waals surface area contributed by atoms with Crippen LogP contribution in [0, 0.1) is 0 Å². The van der Waals surface area contributed by atoms with Crippen LogP contribution in [0.2, 0.25) is 0 Å². The zero-order chi connectivity index (χ0) is 14.6. The van der Waals surface area contributed by atoms with E-state index in [1.807, 2.05) is 12.1 Å². The molecule has 0 saturated heterocycles. The number of aromatic nitrogens is 1. The van der Waals surface area contributed by atoms with Crippen LogP contribution in [0.5, 0.6) is 0 Å². The number of hydrogen-bond acceptors (Lipinski definition) is 1. The number of para-hydroxylation sites is 1. The Kier molecular flexibility index (Phi) is 4.12. The number of amides is 1. The van der Waals surface area contributed by atoms with Gasteiger partial charge in [-0.15, -0.1) is 0 Å². The van der Waals surface area contributed by atoms with Crippen molar-refractivity contribution in [2.75, 3.05) is 5.32 Å². The standard InChI is InChI=1S/C14H13F3N2O/c15-14(16,17)11-5-1-2-6-12(11)18-13(20)7-10-19-8-3-4-9-19/h1-6,8-9H,7,10H2,(H,18,20). The highest BCUT2D eigenvalue weighted by molar-refractivity contribution is 5.91. The molecule has 1 aromatic heterocycles. The Hall–Kier alpha value is -2.24. The molecule has 0 unspecified atom stereocenters. The van der Waals surface area contributed by atoms with Crippen LogP contribution in [0.1, 0.15) is 12.0 Å². The van der Waals surface area contributed by atoms with E-state index in [1.165, 1.54) is 18.2 Å². The van der Waals surface area contributed by atoms with E-state index in [-0.39, 0.29) is 12.1 Å². The summed E-state index contributed by atoms with van der Waals surface area (Å²) < 4.78 is 40.0. The maximum Gasteiger partial charge on any atom is 0.418 e. The first-order valence-electron chi connectivity index (χ1n) is 6.03. The minimum absolute atomic E-state index is 0.112. The average molecular weight is 282 g/mol. The number of aryl methyl sites for hydroxylation is 1. The van der Waals surface area contributed by atoms with Gasteiger partial charge in [0.05, 0.1) is 11.3 Å². The highest BCUT2D eigenvalue weighted by Crippen LogP contribution is 2.34. The number of carbonyl (C=O) groups is 1. The number of carbonyl (C=O) groups excluding carboxylic acids is 1. The predicted octanol–water partition coefficient (Wildman–Crippen LogP) is 3.54. The number of halogens is 3. The molecule has 0 radical (unpaired) electrons. The van der Waals surface area contributed by atoms with E-state index in [0.717, 1.165) is 6.07 Å². The zero-order valence-corrected chi connectivity index (χ0v) is 10.5. The summed E-state index contributed by atoms with van der Waals surface area (Å²) >= 11 is 0. The number of rotatable bonds is 4. The molecule has 0 atom stereocenters. The van der Waals surface area contributed by atoms with Gasteiger partial charge in [-0.3, -0.25) is 4.79 Å². The summed E-state index contributed by atoms with van der Waals surface area (Å²) in [5.74, 6) is -0.449. The first-order chi connectivity index (χ1) is 9.47. The van der Waals surface area contributed by atoms with E-state index < -0.39 is 17.6 Å². The SMILES string of the molecule is O=C(CCn1cccc1)Nc1ccccc1C(F)(F)F. The fraction of sp³-hybridized carbons (Fsp3) is 0.214. The summed E-state index contributed by atoms with van der Waals surface area (Å²) in [6.45, 7) is 0.424. The molecule has 20 heavy (non-hydrogen) atoms. The van der Waals surface area contributed by atoms with Crippen molar-refractivity contribution >= 4 is 11.6 Å². The van der Waals surface area contributed by atoms with E-state index in [9.17, 15) is 18.0 Å². The summed E-state index contributed by atoms with van der Waals surface area (Å²) in [5.41, 5.74) is -1.05. The Bertz CT molecular complexity index is 576. The number of nitrogens with one attached hydrogen (secondary N) is 1. The molecule has 0 aliphatic heterocycles. The normalized spacial score (nSPS) is 11.3. The topological polar surface area (TPSA) is 34.0 Å². The van der Waals surface area contributed by atoms with Crippen molar-refractivity contribution in [3.8, 4) is 0 Å². The molecular formula is C14H13F3N2O. The second kappa shape index (κ2) is 5.81. The summed E-state index contributed by atoms with van der Waals surface area (Å²) in [6.07, 6.45) is -0.793. The molecule has 0 spiro atoms. The molecular weight excluding hydrogens is 269 g/mol. The molecule has 0 saturated carbocycles. The number of alkyl halides is 3. The third-order valence-corrected chi connectivity index (χ3v) is 2.77. The van der Waals surface area contributed by atoms with Crippen LogP contribution in [-0.4, -0.2) is 10.5 Å². The van der Waals surface area contributed by atoms with E-state index in [2.05, 4.69) is 5.32 Å². The first-order valence-corrected chi connectivity index (χ1v) is 6.03. The van der Waals surface area contributed by atoms with Gasteiger partial charge < -0.3 is 9.88 Å². The van der Waals surface area contributed by atoms with Gasteiger partial charge in [-0.05, 0) is 24.3 Å². The van der Waals surface area contributed by atoms with E-state index in [4.69, 9.17) is 0 Å².